The number of nitro benzene ring substituents is 1. The molecule has 0 spiro atoms. The first-order chi connectivity index (χ1) is 21.8. The third-order valence-electron chi connectivity index (χ3n) is 6.77. The number of hydrogen-bond donors (Lipinski definition) is 2. The molecular formula is C32H28F3N3O7S. The number of sulfonamides is 1. The van der Waals surface area contributed by atoms with Gasteiger partial charge in [-0.2, -0.15) is 17.9 Å². The summed E-state index contributed by atoms with van der Waals surface area (Å²) in [5.74, 6) is -1.49. The first kappa shape index (κ1) is 33.8. The zero-order valence-corrected chi connectivity index (χ0v) is 24.8. The van der Waals surface area contributed by atoms with E-state index < -0.39 is 61.2 Å². The molecule has 4 aromatic carbocycles. The van der Waals surface area contributed by atoms with E-state index in [9.17, 15) is 41.3 Å². The van der Waals surface area contributed by atoms with Crippen LogP contribution in [-0.2, 0) is 38.6 Å². The van der Waals surface area contributed by atoms with Crippen molar-refractivity contribution in [3.05, 3.63) is 142 Å². The minimum absolute atomic E-state index is 0.139. The molecule has 0 aliphatic carbocycles. The van der Waals surface area contributed by atoms with Crippen LogP contribution in [0, 0.1) is 10.1 Å². The monoisotopic (exact) mass is 655 g/mol. The number of alkyl halides is 3. The van der Waals surface area contributed by atoms with Gasteiger partial charge in [0.15, 0.2) is 0 Å². The predicted molar refractivity (Wildman–Crippen MR) is 161 cm³/mol. The van der Waals surface area contributed by atoms with Crippen molar-refractivity contribution in [3.8, 4) is 0 Å². The Morgan fingerprint density at radius 2 is 1.37 bits per heavy atom. The number of halogens is 3. The molecule has 2 unspecified atom stereocenters. The molecule has 0 aliphatic heterocycles. The smallest absolute Gasteiger partial charge is 0.423 e. The minimum Gasteiger partial charge on any atom is -0.462 e. The summed E-state index contributed by atoms with van der Waals surface area (Å²) in [6.45, 7) is -0.366. The number of ether oxygens (including phenoxy) is 1. The molecule has 4 aromatic rings. The number of benzene rings is 4. The summed E-state index contributed by atoms with van der Waals surface area (Å²) in [5.41, 5.74) is -1.40. The topological polar surface area (TPSA) is 145 Å². The SMILES string of the molecule is O=C(NC(COC(=O)C(Cc1ccccc1)NS(=O)(=O)c1ccc([N+](=O)[O-])c(C(F)(F)F)c1)Cc1ccccc1)c1ccccc1. The fourth-order valence-corrected chi connectivity index (χ4v) is 5.75. The van der Waals surface area contributed by atoms with Crippen LogP contribution < -0.4 is 10.0 Å². The lowest BCUT2D eigenvalue weighted by Crippen LogP contribution is -2.46. The van der Waals surface area contributed by atoms with Crippen LogP contribution in [0.2, 0.25) is 0 Å². The van der Waals surface area contributed by atoms with E-state index in [1.165, 1.54) is 0 Å². The average Bonchev–Trinajstić information content (AvgIpc) is 3.03. The van der Waals surface area contributed by atoms with Crippen molar-refractivity contribution in [2.24, 2.45) is 0 Å². The van der Waals surface area contributed by atoms with Crippen LogP contribution in [0.25, 0.3) is 0 Å². The third-order valence-corrected chi connectivity index (χ3v) is 8.24. The molecule has 0 aromatic heterocycles. The Morgan fingerprint density at radius 1 is 0.826 bits per heavy atom. The summed E-state index contributed by atoms with van der Waals surface area (Å²) in [6.07, 6.45) is -5.21. The van der Waals surface area contributed by atoms with Gasteiger partial charge in [0.1, 0.15) is 18.2 Å². The van der Waals surface area contributed by atoms with Gasteiger partial charge in [0, 0.05) is 11.6 Å². The Hall–Kier alpha value is -5.08. The molecule has 14 heteroatoms. The van der Waals surface area contributed by atoms with Gasteiger partial charge >= 0.3 is 12.1 Å². The van der Waals surface area contributed by atoms with Crippen LogP contribution >= 0.6 is 0 Å². The lowest BCUT2D eigenvalue weighted by molar-refractivity contribution is -0.388. The first-order valence-electron chi connectivity index (χ1n) is 13.8. The fraction of sp³-hybridized carbons (Fsp3) is 0.188. The molecule has 0 saturated carbocycles. The Balaban J connectivity index is 1.58. The van der Waals surface area contributed by atoms with Crippen molar-refractivity contribution in [2.75, 3.05) is 6.61 Å². The molecule has 0 bridgehead atoms. The van der Waals surface area contributed by atoms with Crippen LogP contribution in [0.4, 0.5) is 18.9 Å². The number of carbonyl (C=O) groups is 2. The highest BCUT2D eigenvalue weighted by Crippen LogP contribution is 2.37. The summed E-state index contributed by atoms with van der Waals surface area (Å²) in [6, 6.07) is 24.4. The molecule has 10 nitrogen and oxygen atoms in total. The maximum Gasteiger partial charge on any atom is 0.423 e. The zero-order chi connectivity index (χ0) is 33.3. The van der Waals surface area contributed by atoms with Gasteiger partial charge < -0.3 is 10.1 Å². The van der Waals surface area contributed by atoms with Gasteiger partial charge in [-0.3, -0.25) is 19.7 Å². The van der Waals surface area contributed by atoms with E-state index in [0.717, 1.165) is 5.56 Å². The second-order valence-corrected chi connectivity index (χ2v) is 11.9. The Kier molecular flexibility index (Phi) is 10.9. The molecule has 0 heterocycles. The van der Waals surface area contributed by atoms with Crippen molar-refractivity contribution in [1.82, 2.24) is 10.0 Å². The highest BCUT2D eigenvalue weighted by Gasteiger charge is 2.40. The summed E-state index contributed by atoms with van der Waals surface area (Å²) in [4.78, 5) is 35.2. The molecule has 0 aliphatic rings. The Bertz CT molecular complexity index is 1770. The van der Waals surface area contributed by atoms with E-state index in [-0.39, 0.29) is 25.5 Å². The highest BCUT2D eigenvalue weighted by atomic mass is 32.2. The van der Waals surface area contributed by atoms with Crippen molar-refractivity contribution < 1.29 is 40.8 Å². The molecule has 0 fully saturated rings. The summed E-state index contributed by atoms with van der Waals surface area (Å²) < 4.78 is 74.8. The molecule has 2 N–H and O–H groups in total. The van der Waals surface area contributed by atoms with E-state index in [1.807, 2.05) is 18.2 Å². The van der Waals surface area contributed by atoms with E-state index >= 15 is 0 Å². The summed E-state index contributed by atoms with van der Waals surface area (Å²) in [7, 11) is -4.84. The molecule has 0 radical (unpaired) electrons. The second-order valence-electron chi connectivity index (χ2n) is 10.2. The molecule has 46 heavy (non-hydrogen) atoms. The van der Waals surface area contributed by atoms with Crippen molar-refractivity contribution in [1.29, 1.82) is 0 Å². The predicted octanol–water partition coefficient (Wildman–Crippen LogP) is 5.09. The van der Waals surface area contributed by atoms with Crippen molar-refractivity contribution in [3.63, 3.8) is 0 Å². The highest BCUT2D eigenvalue weighted by molar-refractivity contribution is 7.89. The molecule has 240 valence electrons. The molecule has 2 atom stereocenters. The van der Waals surface area contributed by atoms with Crippen molar-refractivity contribution >= 4 is 27.6 Å². The van der Waals surface area contributed by atoms with Gasteiger partial charge in [-0.25, -0.2) is 8.42 Å². The second kappa shape index (κ2) is 14.8. The number of nitrogens with zero attached hydrogens (tertiary/aromatic N) is 1. The number of hydrogen-bond acceptors (Lipinski definition) is 7. The molecular weight excluding hydrogens is 627 g/mol. The Morgan fingerprint density at radius 3 is 1.91 bits per heavy atom. The number of amides is 1. The number of esters is 1. The van der Waals surface area contributed by atoms with E-state index in [1.54, 1.807) is 72.8 Å². The lowest BCUT2D eigenvalue weighted by Gasteiger charge is -2.22. The maximum atomic E-state index is 13.6. The lowest BCUT2D eigenvalue weighted by atomic mass is 10.1. The summed E-state index contributed by atoms with van der Waals surface area (Å²) >= 11 is 0. The quantitative estimate of drug-likeness (QED) is 0.116. The van der Waals surface area contributed by atoms with Crippen LogP contribution in [0.1, 0.15) is 27.0 Å². The van der Waals surface area contributed by atoms with Gasteiger partial charge in [-0.15, -0.1) is 0 Å². The standard InChI is InChI=1S/C32H28F3N3O7S/c33-32(34,35)27-20-26(16-17-29(27)38(41)42)46(43,44)37-28(19-23-12-6-2-7-13-23)31(40)45-21-25(18-22-10-4-1-5-11-22)36-30(39)24-14-8-3-9-15-24/h1-17,20,25,28,37H,18-19,21H2,(H,36,39). The average molecular weight is 656 g/mol. The van der Waals surface area contributed by atoms with Gasteiger partial charge in [0.25, 0.3) is 11.6 Å². The van der Waals surface area contributed by atoms with Crippen LogP contribution in [0.15, 0.2) is 114 Å². The van der Waals surface area contributed by atoms with E-state index in [4.69, 9.17) is 4.74 Å². The van der Waals surface area contributed by atoms with Crippen molar-refractivity contribution in [2.45, 2.75) is 36.0 Å². The molecule has 4 rings (SSSR count). The first-order valence-corrected chi connectivity index (χ1v) is 15.3. The number of nitro groups is 1. The maximum absolute atomic E-state index is 13.6. The summed E-state index contributed by atoms with van der Waals surface area (Å²) in [5, 5.41) is 14.0. The largest absolute Gasteiger partial charge is 0.462 e. The minimum atomic E-state index is -5.23. The zero-order valence-electron chi connectivity index (χ0n) is 24.0. The number of nitrogens with one attached hydrogen (secondary N) is 2. The third kappa shape index (κ3) is 9.22. The number of carbonyl (C=O) groups excluding carboxylic acids is 2. The number of rotatable bonds is 13. The van der Waals surface area contributed by atoms with Gasteiger partial charge in [0.05, 0.1) is 15.9 Å². The van der Waals surface area contributed by atoms with Gasteiger partial charge in [0.2, 0.25) is 10.0 Å². The van der Waals surface area contributed by atoms with Gasteiger partial charge in [-0.1, -0.05) is 78.9 Å². The van der Waals surface area contributed by atoms with E-state index in [0.29, 0.717) is 23.3 Å². The van der Waals surface area contributed by atoms with E-state index in [2.05, 4.69) is 10.0 Å². The van der Waals surface area contributed by atoms with Crippen LogP contribution in [0.5, 0.6) is 0 Å². The van der Waals surface area contributed by atoms with Gasteiger partial charge in [-0.05, 0) is 48.2 Å². The fourth-order valence-electron chi connectivity index (χ4n) is 4.54. The van der Waals surface area contributed by atoms with Crippen LogP contribution in [-0.4, -0.2) is 43.9 Å². The van der Waals surface area contributed by atoms with Crippen LogP contribution in [0.3, 0.4) is 0 Å². The molecule has 1 amide bonds. The normalized spacial score (nSPS) is 12.9. The Labute approximate surface area is 262 Å². The molecule has 0 saturated heterocycles.